The summed E-state index contributed by atoms with van der Waals surface area (Å²) in [4.78, 5) is 18.9. The van der Waals surface area contributed by atoms with E-state index in [0.717, 1.165) is 12.7 Å². The van der Waals surface area contributed by atoms with Gasteiger partial charge in [-0.25, -0.2) is 14.8 Å². The maximum absolute atomic E-state index is 12.1. The number of carbonyl (C=O) groups excluding carboxylic acids is 1. The lowest BCUT2D eigenvalue weighted by molar-refractivity contribution is 0.0591. The van der Waals surface area contributed by atoms with E-state index in [1.54, 1.807) is 12.1 Å². The first kappa shape index (κ1) is 14.9. The smallest absolute Gasteiger partial charge is 0.362 e. The molecule has 0 bridgehead atoms. The predicted octanol–water partition coefficient (Wildman–Crippen LogP) is 1.34. The van der Waals surface area contributed by atoms with Crippen LogP contribution in [-0.4, -0.2) is 31.5 Å². The van der Waals surface area contributed by atoms with Gasteiger partial charge in [0, 0.05) is 12.4 Å². The molecular weight excluding hydrogens is 296 g/mol. The number of rotatable bonds is 4. The Hall–Kier alpha value is -2.48. The van der Waals surface area contributed by atoms with Crippen molar-refractivity contribution in [3.8, 4) is 5.88 Å². The molecule has 0 saturated heterocycles. The Morgan fingerprint density at radius 1 is 1.10 bits per heavy atom. The number of hydrogen-bond donors (Lipinski definition) is 0. The second-order valence-electron chi connectivity index (χ2n) is 4.05. The summed E-state index contributed by atoms with van der Waals surface area (Å²) in [6.07, 6.45) is 2.45. The number of carbonyl (C=O) groups is 1. The van der Waals surface area contributed by atoms with Crippen molar-refractivity contribution >= 4 is 16.1 Å². The van der Waals surface area contributed by atoms with Crippen molar-refractivity contribution in [1.29, 1.82) is 0 Å². The van der Waals surface area contributed by atoms with Gasteiger partial charge in [0.2, 0.25) is 5.69 Å². The Labute approximate surface area is 121 Å². The highest BCUT2D eigenvalue weighted by atomic mass is 32.2. The highest BCUT2D eigenvalue weighted by Crippen LogP contribution is 2.19. The Balaban J connectivity index is 2.37. The van der Waals surface area contributed by atoms with E-state index >= 15 is 0 Å². The number of ether oxygens (including phenoxy) is 1. The molecule has 1 aromatic carbocycles. The van der Waals surface area contributed by atoms with Gasteiger partial charge in [-0.1, -0.05) is 17.7 Å². The topological polar surface area (TPSA) is 95.4 Å². The summed E-state index contributed by atoms with van der Waals surface area (Å²) in [6, 6.07) is 6.07. The second kappa shape index (κ2) is 5.88. The first-order chi connectivity index (χ1) is 9.94. The third kappa shape index (κ3) is 3.34. The summed E-state index contributed by atoms with van der Waals surface area (Å²) in [5.41, 5.74) is 0.597. The van der Waals surface area contributed by atoms with Crippen LogP contribution in [-0.2, 0) is 14.9 Å². The largest absolute Gasteiger partial charge is 0.464 e. The van der Waals surface area contributed by atoms with Crippen LogP contribution in [0.2, 0.25) is 0 Å². The van der Waals surface area contributed by atoms with Crippen LogP contribution in [0.15, 0.2) is 41.6 Å². The SMILES string of the molecule is COC(=O)c1nccnc1OS(=O)(=O)c1ccc(C)cc1. The van der Waals surface area contributed by atoms with E-state index in [1.807, 2.05) is 6.92 Å². The van der Waals surface area contributed by atoms with Crippen molar-refractivity contribution in [3.05, 3.63) is 47.9 Å². The van der Waals surface area contributed by atoms with Gasteiger partial charge in [0.15, 0.2) is 0 Å². The second-order valence-corrected chi connectivity index (χ2v) is 5.60. The van der Waals surface area contributed by atoms with Gasteiger partial charge in [-0.3, -0.25) is 0 Å². The fraction of sp³-hybridized carbons (Fsp3) is 0.154. The number of aryl methyl sites for hydroxylation is 1. The standard InChI is InChI=1S/C13H12N2O5S/c1-9-3-5-10(6-4-9)21(17,18)20-12-11(13(16)19-2)14-7-8-15-12/h3-8H,1-2H3. The maximum Gasteiger partial charge on any atom is 0.362 e. The fourth-order valence-corrected chi connectivity index (χ4v) is 2.38. The van der Waals surface area contributed by atoms with Crippen molar-refractivity contribution in [3.63, 3.8) is 0 Å². The lowest BCUT2D eigenvalue weighted by Gasteiger charge is -2.08. The average molecular weight is 308 g/mol. The Morgan fingerprint density at radius 3 is 2.33 bits per heavy atom. The van der Waals surface area contributed by atoms with Crippen molar-refractivity contribution in [2.75, 3.05) is 7.11 Å². The van der Waals surface area contributed by atoms with E-state index in [1.165, 1.54) is 24.5 Å². The molecule has 21 heavy (non-hydrogen) atoms. The zero-order valence-electron chi connectivity index (χ0n) is 11.3. The Bertz CT molecular complexity index is 756. The summed E-state index contributed by atoms with van der Waals surface area (Å²) in [6.45, 7) is 1.83. The molecule has 2 aromatic rings. The minimum atomic E-state index is -4.10. The molecule has 0 spiro atoms. The van der Waals surface area contributed by atoms with Gasteiger partial charge in [-0.2, -0.15) is 8.42 Å². The normalized spacial score (nSPS) is 11.0. The average Bonchev–Trinajstić information content (AvgIpc) is 2.47. The molecule has 0 radical (unpaired) electrons. The molecule has 0 aliphatic carbocycles. The number of benzene rings is 1. The molecule has 0 atom stereocenters. The Morgan fingerprint density at radius 2 is 1.71 bits per heavy atom. The first-order valence-electron chi connectivity index (χ1n) is 5.84. The first-order valence-corrected chi connectivity index (χ1v) is 7.25. The van der Waals surface area contributed by atoms with Crippen molar-refractivity contribution in [2.45, 2.75) is 11.8 Å². The van der Waals surface area contributed by atoms with E-state index in [9.17, 15) is 13.2 Å². The minimum Gasteiger partial charge on any atom is -0.464 e. The van der Waals surface area contributed by atoms with Crippen molar-refractivity contribution < 1.29 is 22.1 Å². The molecule has 0 N–H and O–H groups in total. The summed E-state index contributed by atoms with van der Waals surface area (Å²) >= 11 is 0. The van der Waals surface area contributed by atoms with E-state index in [2.05, 4.69) is 14.7 Å². The minimum absolute atomic E-state index is 0.0467. The molecule has 110 valence electrons. The van der Waals surface area contributed by atoms with Gasteiger partial charge in [-0.05, 0) is 19.1 Å². The van der Waals surface area contributed by atoms with Crippen molar-refractivity contribution in [2.24, 2.45) is 0 Å². The van der Waals surface area contributed by atoms with Crippen LogP contribution in [0.3, 0.4) is 0 Å². The van der Waals surface area contributed by atoms with Gasteiger partial charge in [-0.15, -0.1) is 0 Å². The lowest BCUT2D eigenvalue weighted by atomic mass is 10.2. The zero-order valence-corrected chi connectivity index (χ0v) is 12.1. The molecule has 0 saturated carbocycles. The van der Waals surface area contributed by atoms with Crippen LogP contribution in [0, 0.1) is 6.92 Å². The van der Waals surface area contributed by atoms with Crippen LogP contribution in [0.4, 0.5) is 0 Å². The molecule has 7 nitrogen and oxygen atoms in total. The van der Waals surface area contributed by atoms with Crippen LogP contribution in [0.1, 0.15) is 16.1 Å². The number of esters is 1. The summed E-state index contributed by atoms with van der Waals surface area (Å²) in [5, 5.41) is 0. The van der Waals surface area contributed by atoms with E-state index in [0.29, 0.717) is 0 Å². The predicted molar refractivity (Wildman–Crippen MR) is 72.4 cm³/mol. The third-order valence-corrected chi connectivity index (χ3v) is 3.77. The molecule has 0 fully saturated rings. The number of hydrogen-bond acceptors (Lipinski definition) is 7. The third-order valence-electron chi connectivity index (χ3n) is 2.54. The maximum atomic E-state index is 12.1. The van der Waals surface area contributed by atoms with Crippen LogP contribution in [0.25, 0.3) is 0 Å². The molecule has 0 aliphatic rings. The summed E-state index contributed by atoms with van der Waals surface area (Å²) < 4.78 is 33.6. The monoisotopic (exact) mass is 308 g/mol. The number of aromatic nitrogens is 2. The van der Waals surface area contributed by atoms with E-state index in [-0.39, 0.29) is 10.6 Å². The zero-order chi connectivity index (χ0) is 15.5. The molecule has 0 aliphatic heterocycles. The summed E-state index contributed by atoms with van der Waals surface area (Å²) in [5.74, 6) is -1.26. The van der Waals surface area contributed by atoms with Gasteiger partial charge >= 0.3 is 16.1 Å². The lowest BCUT2D eigenvalue weighted by Crippen LogP contribution is -2.15. The van der Waals surface area contributed by atoms with Crippen molar-refractivity contribution in [1.82, 2.24) is 9.97 Å². The summed E-state index contributed by atoms with van der Waals surface area (Å²) in [7, 11) is -2.96. The fourth-order valence-electron chi connectivity index (χ4n) is 1.48. The number of nitrogens with zero attached hydrogens (tertiary/aromatic N) is 2. The van der Waals surface area contributed by atoms with Gasteiger partial charge in [0.05, 0.1) is 7.11 Å². The highest BCUT2D eigenvalue weighted by Gasteiger charge is 2.23. The number of methoxy groups -OCH3 is 1. The molecule has 2 rings (SSSR count). The Kier molecular flexibility index (Phi) is 4.18. The molecule has 1 heterocycles. The highest BCUT2D eigenvalue weighted by molar-refractivity contribution is 7.87. The molecular formula is C13H12N2O5S. The molecule has 0 amide bonds. The van der Waals surface area contributed by atoms with Gasteiger partial charge in [0.25, 0.3) is 5.88 Å². The van der Waals surface area contributed by atoms with E-state index < -0.39 is 22.0 Å². The van der Waals surface area contributed by atoms with Crippen LogP contribution >= 0.6 is 0 Å². The van der Waals surface area contributed by atoms with Crippen LogP contribution in [0.5, 0.6) is 5.88 Å². The van der Waals surface area contributed by atoms with Crippen LogP contribution < -0.4 is 4.18 Å². The molecule has 8 heteroatoms. The van der Waals surface area contributed by atoms with Gasteiger partial charge in [0.1, 0.15) is 4.90 Å². The molecule has 0 unspecified atom stereocenters. The van der Waals surface area contributed by atoms with Gasteiger partial charge < -0.3 is 8.92 Å². The van der Waals surface area contributed by atoms with E-state index in [4.69, 9.17) is 4.18 Å². The molecule has 1 aromatic heterocycles. The quantitative estimate of drug-likeness (QED) is 0.621.